The second-order valence-corrected chi connectivity index (χ2v) is 8.16. The van der Waals surface area contributed by atoms with Gasteiger partial charge in [0.05, 0.1) is 19.8 Å². The van der Waals surface area contributed by atoms with Crippen molar-refractivity contribution < 1.29 is 14.3 Å². The van der Waals surface area contributed by atoms with Crippen LogP contribution in [0, 0.1) is 12.8 Å². The van der Waals surface area contributed by atoms with Gasteiger partial charge in [-0.1, -0.05) is 30.3 Å². The summed E-state index contributed by atoms with van der Waals surface area (Å²) >= 11 is 0. The molecule has 1 N–H and O–H groups in total. The fourth-order valence-corrected chi connectivity index (χ4v) is 4.34. The summed E-state index contributed by atoms with van der Waals surface area (Å²) in [5.41, 5.74) is 3.72. The van der Waals surface area contributed by atoms with E-state index in [0.717, 1.165) is 27.8 Å². The molecule has 1 aromatic heterocycles. The van der Waals surface area contributed by atoms with Crippen molar-refractivity contribution in [3.8, 4) is 5.75 Å². The molecule has 2 atom stereocenters. The summed E-state index contributed by atoms with van der Waals surface area (Å²) in [7, 11) is 1.66. The van der Waals surface area contributed by atoms with Crippen LogP contribution in [0.5, 0.6) is 5.75 Å². The quantitative estimate of drug-likeness (QED) is 0.715. The number of hydrogen-bond acceptors (Lipinski definition) is 3. The highest BCUT2D eigenvalue weighted by Crippen LogP contribution is 2.40. The van der Waals surface area contributed by atoms with Crippen LogP contribution >= 0.6 is 0 Å². The highest BCUT2D eigenvalue weighted by atomic mass is 16.5. The van der Waals surface area contributed by atoms with E-state index >= 15 is 0 Å². The molecule has 1 saturated carbocycles. The molecule has 2 fully saturated rings. The summed E-state index contributed by atoms with van der Waals surface area (Å²) in [6.07, 6.45) is 2.42. The number of benzene rings is 2. The van der Waals surface area contributed by atoms with Gasteiger partial charge in [0.2, 0.25) is 0 Å². The van der Waals surface area contributed by atoms with Crippen molar-refractivity contribution >= 4 is 16.8 Å². The molecule has 1 saturated heterocycles. The Balaban J connectivity index is 1.46. The summed E-state index contributed by atoms with van der Waals surface area (Å²) in [6.45, 7) is 3.23. The number of rotatable bonds is 4. The summed E-state index contributed by atoms with van der Waals surface area (Å²) in [6, 6.07) is 16.1. The van der Waals surface area contributed by atoms with E-state index in [1.165, 1.54) is 12.8 Å². The lowest BCUT2D eigenvalue weighted by atomic mass is 10.0. The number of amides is 1. The van der Waals surface area contributed by atoms with Crippen LogP contribution in [0.2, 0.25) is 0 Å². The molecular formula is C24H26N2O3. The van der Waals surface area contributed by atoms with E-state index in [1.807, 2.05) is 48.2 Å². The van der Waals surface area contributed by atoms with Crippen LogP contribution < -0.4 is 4.74 Å². The largest absolute Gasteiger partial charge is 0.497 e. The van der Waals surface area contributed by atoms with E-state index in [4.69, 9.17) is 9.47 Å². The molecule has 29 heavy (non-hydrogen) atoms. The Kier molecular flexibility index (Phi) is 4.55. The summed E-state index contributed by atoms with van der Waals surface area (Å²) in [5, 5.41) is 1.03. The van der Waals surface area contributed by atoms with Crippen LogP contribution in [-0.2, 0) is 4.74 Å². The maximum absolute atomic E-state index is 13.5. The van der Waals surface area contributed by atoms with Gasteiger partial charge in [-0.05, 0) is 55.0 Å². The van der Waals surface area contributed by atoms with Crippen LogP contribution in [-0.4, -0.2) is 42.1 Å². The zero-order valence-electron chi connectivity index (χ0n) is 16.9. The predicted octanol–water partition coefficient (Wildman–Crippen LogP) is 4.48. The number of nitrogens with one attached hydrogen (secondary N) is 1. The number of ether oxygens (including phenoxy) is 2. The van der Waals surface area contributed by atoms with Crippen LogP contribution in [0.25, 0.3) is 10.9 Å². The number of carbonyl (C=O) groups excluding carboxylic acids is 1. The molecule has 0 bridgehead atoms. The first-order valence-corrected chi connectivity index (χ1v) is 10.3. The van der Waals surface area contributed by atoms with Crippen molar-refractivity contribution in [1.82, 2.24) is 9.88 Å². The van der Waals surface area contributed by atoms with E-state index in [2.05, 4.69) is 17.1 Å². The van der Waals surface area contributed by atoms with Crippen molar-refractivity contribution in [2.75, 3.05) is 20.2 Å². The van der Waals surface area contributed by atoms with Gasteiger partial charge in [-0.2, -0.15) is 0 Å². The SMILES string of the molecule is COc1ccc2[nH]c(C(=O)N3C[C@@H](c4ccccc4)O[C@@H](C4CC4)C3)c(C)c2c1. The van der Waals surface area contributed by atoms with Crippen molar-refractivity contribution in [1.29, 1.82) is 0 Å². The Morgan fingerprint density at radius 1 is 1.14 bits per heavy atom. The van der Waals surface area contributed by atoms with Gasteiger partial charge in [0, 0.05) is 17.4 Å². The third kappa shape index (κ3) is 3.40. The molecule has 5 nitrogen and oxygen atoms in total. The van der Waals surface area contributed by atoms with Crippen molar-refractivity contribution in [2.45, 2.75) is 32.0 Å². The van der Waals surface area contributed by atoms with Gasteiger partial charge >= 0.3 is 0 Å². The van der Waals surface area contributed by atoms with Crippen molar-refractivity contribution in [3.05, 3.63) is 65.4 Å². The van der Waals surface area contributed by atoms with Crippen LogP contribution in [0.15, 0.2) is 48.5 Å². The lowest BCUT2D eigenvalue weighted by molar-refractivity contribution is -0.0865. The average Bonchev–Trinajstić information content (AvgIpc) is 3.57. The predicted molar refractivity (Wildman–Crippen MR) is 112 cm³/mol. The van der Waals surface area contributed by atoms with E-state index in [0.29, 0.717) is 24.7 Å². The number of methoxy groups -OCH3 is 1. The number of aromatic amines is 1. The standard InChI is InChI=1S/C24H26N2O3/c1-15-19-12-18(28-2)10-11-20(19)25-23(15)24(27)26-13-21(16-6-4-3-5-7-16)29-22(14-26)17-8-9-17/h3-7,10-12,17,21-22,25H,8-9,13-14H2,1-2H3/t21-,22+/m0/s1. The van der Waals surface area contributed by atoms with Gasteiger partial charge in [-0.25, -0.2) is 0 Å². The molecule has 1 amide bonds. The summed E-state index contributed by atoms with van der Waals surface area (Å²) < 4.78 is 11.8. The van der Waals surface area contributed by atoms with E-state index < -0.39 is 0 Å². The fraction of sp³-hybridized carbons (Fsp3) is 0.375. The van der Waals surface area contributed by atoms with Crippen LogP contribution in [0.1, 0.15) is 40.6 Å². The molecule has 1 aliphatic carbocycles. The molecule has 0 radical (unpaired) electrons. The minimum atomic E-state index is -0.0794. The van der Waals surface area contributed by atoms with E-state index in [1.54, 1.807) is 7.11 Å². The molecule has 2 heterocycles. The molecule has 2 aliphatic rings. The maximum atomic E-state index is 13.5. The smallest absolute Gasteiger partial charge is 0.270 e. The number of morpholine rings is 1. The number of fused-ring (bicyclic) bond motifs is 1. The molecule has 3 aromatic rings. The second kappa shape index (κ2) is 7.23. The van der Waals surface area contributed by atoms with Gasteiger partial charge in [0.1, 0.15) is 17.5 Å². The molecular weight excluding hydrogens is 364 g/mol. The van der Waals surface area contributed by atoms with Gasteiger partial charge in [-0.15, -0.1) is 0 Å². The lowest BCUT2D eigenvalue weighted by Gasteiger charge is -2.38. The lowest BCUT2D eigenvalue weighted by Crippen LogP contribution is -2.48. The number of nitrogens with zero attached hydrogens (tertiary/aromatic N) is 1. The number of aromatic nitrogens is 1. The number of carbonyl (C=O) groups is 1. The van der Waals surface area contributed by atoms with Gasteiger partial charge < -0.3 is 19.4 Å². The summed E-state index contributed by atoms with van der Waals surface area (Å²) in [4.78, 5) is 18.8. The monoisotopic (exact) mass is 390 g/mol. The van der Waals surface area contributed by atoms with Crippen LogP contribution in [0.4, 0.5) is 0 Å². The highest BCUT2D eigenvalue weighted by Gasteiger charge is 2.40. The third-order valence-electron chi connectivity index (χ3n) is 6.21. The van der Waals surface area contributed by atoms with Crippen LogP contribution in [0.3, 0.4) is 0 Å². The first-order chi connectivity index (χ1) is 14.1. The minimum absolute atomic E-state index is 0.0487. The zero-order valence-corrected chi connectivity index (χ0v) is 16.9. The molecule has 2 aromatic carbocycles. The molecule has 0 spiro atoms. The Hall–Kier alpha value is -2.79. The number of aryl methyl sites for hydroxylation is 1. The second-order valence-electron chi connectivity index (χ2n) is 8.16. The molecule has 150 valence electrons. The van der Waals surface area contributed by atoms with Crippen molar-refractivity contribution in [3.63, 3.8) is 0 Å². The minimum Gasteiger partial charge on any atom is -0.497 e. The van der Waals surface area contributed by atoms with E-state index in [9.17, 15) is 4.79 Å². The Labute approximate surface area is 170 Å². The topological polar surface area (TPSA) is 54.6 Å². The fourth-order valence-electron chi connectivity index (χ4n) is 4.34. The number of hydrogen-bond donors (Lipinski definition) is 1. The van der Waals surface area contributed by atoms with Gasteiger partial charge in [0.25, 0.3) is 5.91 Å². The normalized spacial score (nSPS) is 22.1. The molecule has 5 heteroatoms. The van der Waals surface area contributed by atoms with Gasteiger partial charge in [-0.3, -0.25) is 4.79 Å². The molecule has 0 unspecified atom stereocenters. The first-order valence-electron chi connectivity index (χ1n) is 10.3. The van der Waals surface area contributed by atoms with Crippen molar-refractivity contribution in [2.24, 2.45) is 5.92 Å². The Morgan fingerprint density at radius 3 is 2.66 bits per heavy atom. The first kappa shape index (κ1) is 18.3. The number of H-pyrrole nitrogens is 1. The average molecular weight is 390 g/mol. The Morgan fingerprint density at radius 2 is 1.93 bits per heavy atom. The Bertz CT molecular complexity index is 1040. The van der Waals surface area contributed by atoms with E-state index in [-0.39, 0.29) is 18.1 Å². The maximum Gasteiger partial charge on any atom is 0.270 e. The molecule has 5 rings (SSSR count). The molecule has 1 aliphatic heterocycles. The third-order valence-corrected chi connectivity index (χ3v) is 6.21. The summed E-state index contributed by atoms with van der Waals surface area (Å²) in [5.74, 6) is 1.42. The van der Waals surface area contributed by atoms with Gasteiger partial charge in [0.15, 0.2) is 0 Å². The zero-order chi connectivity index (χ0) is 20.0. The highest BCUT2D eigenvalue weighted by molar-refractivity contribution is 6.01.